The lowest BCUT2D eigenvalue weighted by Gasteiger charge is -2.23. The monoisotopic (exact) mass is 248 g/mol. The highest BCUT2D eigenvalue weighted by Crippen LogP contribution is 2.17. The number of aromatic nitrogens is 3. The van der Waals surface area contributed by atoms with E-state index in [0.29, 0.717) is 12.1 Å². The molecule has 1 fully saturated rings. The van der Waals surface area contributed by atoms with E-state index >= 15 is 0 Å². The lowest BCUT2D eigenvalue weighted by molar-refractivity contribution is 0.399. The zero-order chi connectivity index (χ0) is 13.0. The van der Waals surface area contributed by atoms with Crippen LogP contribution in [0, 0.1) is 0 Å². The maximum Gasteiger partial charge on any atom is 0.150 e. The standard InChI is InChI=1S/C14H24N4/c1-11(2)18-14(16-10-17-18)9-12(3)8-13-6-4-5-7-15-13/h9-11,13,15H,4-8H2,1-3H3/b12-9-. The van der Waals surface area contributed by atoms with Crippen molar-refractivity contribution in [2.45, 2.75) is 58.5 Å². The molecule has 0 bridgehead atoms. The van der Waals surface area contributed by atoms with Gasteiger partial charge in [0, 0.05) is 12.1 Å². The van der Waals surface area contributed by atoms with Gasteiger partial charge >= 0.3 is 0 Å². The van der Waals surface area contributed by atoms with Gasteiger partial charge in [0.05, 0.1) is 0 Å². The summed E-state index contributed by atoms with van der Waals surface area (Å²) in [6.07, 6.45) is 8.89. The summed E-state index contributed by atoms with van der Waals surface area (Å²) >= 11 is 0. The van der Waals surface area contributed by atoms with Crippen LogP contribution in [0.25, 0.3) is 6.08 Å². The molecule has 2 heterocycles. The second kappa shape index (κ2) is 6.14. The SMILES string of the molecule is C/C(=C/c1ncnn1C(C)C)CC1CCCCN1. The minimum absolute atomic E-state index is 0.361. The zero-order valence-electron chi connectivity index (χ0n) is 11.7. The van der Waals surface area contributed by atoms with Gasteiger partial charge in [-0.1, -0.05) is 12.0 Å². The van der Waals surface area contributed by atoms with Crippen molar-refractivity contribution >= 4 is 6.08 Å². The molecule has 0 aromatic carbocycles. The molecule has 0 radical (unpaired) electrons. The van der Waals surface area contributed by atoms with Crippen molar-refractivity contribution in [1.82, 2.24) is 20.1 Å². The zero-order valence-corrected chi connectivity index (χ0v) is 11.7. The largest absolute Gasteiger partial charge is 0.314 e. The number of nitrogens with one attached hydrogen (secondary N) is 1. The van der Waals surface area contributed by atoms with Crippen LogP contribution >= 0.6 is 0 Å². The second-order valence-electron chi connectivity index (χ2n) is 5.50. The van der Waals surface area contributed by atoms with E-state index in [1.807, 2.05) is 4.68 Å². The van der Waals surface area contributed by atoms with Gasteiger partial charge in [0.25, 0.3) is 0 Å². The molecule has 1 atom stereocenters. The Hall–Kier alpha value is -1.16. The fourth-order valence-electron chi connectivity index (χ4n) is 2.53. The van der Waals surface area contributed by atoms with Gasteiger partial charge in [-0.15, -0.1) is 0 Å². The Morgan fingerprint density at radius 1 is 1.56 bits per heavy atom. The van der Waals surface area contributed by atoms with Gasteiger partial charge in [-0.3, -0.25) is 0 Å². The van der Waals surface area contributed by atoms with Crippen molar-refractivity contribution in [2.24, 2.45) is 0 Å². The quantitative estimate of drug-likeness (QED) is 0.891. The number of piperidine rings is 1. The van der Waals surface area contributed by atoms with E-state index in [-0.39, 0.29) is 0 Å². The summed E-state index contributed by atoms with van der Waals surface area (Å²) in [6, 6.07) is 1.00. The topological polar surface area (TPSA) is 42.7 Å². The van der Waals surface area contributed by atoms with E-state index in [0.717, 1.165) is 12.2 Å². The Balaban J connectivity index is 2.00. The minimum atomic E-state index is 0.361. The molecule has 100 valence electrons. The van der Waals surface area contributed by atoms with Gasteiger partial charge in [0.1, 0.15) is 6.33 Å². The van der Waals surface area contributed by atoms with Crippen LogP contribution in [0.3, 0.4) is 0 Å². The third kappa shape index (κ3) is 3.42. The van der Waals surface area contributed by atoms with Crippen LogP contribution in [0.5, 0.6) is 0 Å². The van der Waals surface area contributed by atoms with Gasteiger partial charge in [-0.25, -0.2) is 9.67 Å². The Kier molecular flexibility index (Phi) is 4.53. The molecule has 1 aromatic heterocycles. The van der Waals surface area contributed by atoms with Crippen molar-refractivity contribution in [3.63, 3.8) is 0 Å². The van der Waals surface area contributed by atoms with E-state index < -0.39 is 0 Å². The molecule has 0 amide bonds. The molecule has 2 rings (SSSR count). The fourth-order valence-corrected chi connectivity index (χ4v) is 2.53. The third-order valence-corrected chi connectivity index (χ3v) is 3.45. The number of hydrogen-bond acceptors (Lipinski definition) is 3. The highest BCUT2D eigenvalue weighted by atomic mass is 15.3. The maximum absolute atomic E-state index is 4.33. The molecule has 1 N–H and O–H groups in total. The molecule has 1 aromatic rings. The maximum atomic E-state index is 4.33. The fraction of sp³-hybridized carbons (Fsp3) is 0.714. The number of rotatable bonds is 4. The van der Waals surface area contributed by atoms with Crippen LogP contribution in [0.4, 0.5) is 0 Å². The summed E-state index contributed by atoms with van der Waals surface area (Å²) in [4.78, 5) is 4.33. The van der Waals surface area contributed by atoms with Crippen LogP contribution in [0.2, 0.25) is 0 Å². The van der Waals surface area contributed by atoms with Crippen molar-refractivity contribution in [2.75, 3.05) is 6.54 Å². The van der Waals surface area contributed by atoms with Crippen molar-refractivity contribution in [1.29, 1.82) is 0 Å². The average Bonchev–Trinajstić information content (AvgIpc) is 2.78. The molecule has 1 unspecified atom stereocenters. The summed E-state index contributed by atoms with van der Waals surface area (Å²) < 4.78 is 1.97. The molecule has 4 nitrogen and oxygen atoms in total. The summed E-state index contributed by atoms with van der Waals surface area (Å²) in [6.45, 7) is 7.61. The first-order chi connectivity index (χ1) is 8.66. The molecular formula is C14H24N4. The van der Waals surface area contributed by atoms with Gasteiger partial charge in [0.15, 0.2) is 5.82 Å². The first-order valence-corrected chi connectivity index (χ1v) is 6.97. The first kappa shape index (κ1) is 13.3. The minimum Gasteiger partial charge on any atom is -0.314 e. The lowest BCUT2D eigenvalue weighted by atomic mass is 9.98. The van der Waals surface area contributed by atoms with Crippen molar-refractivity contribution in [3.8, 4) is 0 Å². The Labute approximate surface area is 109 Å². The van der Waals surface area contributed by atoms with Gasteiger partial charge in [-0.2, -0.15) is 5.10 Å². The Bertz CT molecular complexity index is 400. The van der Waals surface area contributed by atoms with Crippen molar-refractivity contribution < 1.29 is 0 Å². The third-order valence-electron chi connectivity index (χ3n) is 3.45. The first-order valence-electron chi connectivity index (χ1n) is 6.97. The molecule has 4 heteroatoms. The lowest BCUT2D eigenvalue weighted by Crippen LogP contribution is -2.33. The highest BCUT2D eigenvalue weighted by Gasteiger charge is 2.13. The number of nitrogens with zero attached hydrogens (tertiary/aromatic N) is 3. The molecule has 0 spiro atoms. The highest BCUT2D eigenvalue weighted by molar-refractivity contribution is 5.44. The molecule has 0 saturated carbocycles. The smallest absolute Gasteiger partial charge is 0.150 e. The van der Waals surface area contributed by atoms with E-state index in [1.54, 1.807) is 6.33 Å². The molecule has 0 aliphatic carbocycles. The normalized spacial score (nSPS) is 21.6. The summed E-state index contributed by atoms with van der Waals surface area (Å²) in [5.74, 6) is 0.971. The van der Waals surface area contributed by atoms with Crippen LogP contribution in [0.15, 0.2) is 11.9 Å². The van der Waals surface area contributed by atoms with Crippen LogP contribution in [-0.2, 0) is 0 Å². The summed E-state index contributed by atoms with van der Waals surface area (Å²) in [7, 11) is 0. The van der Waals surface area contributed by atoms with E-state index in [9.17, 15) is 0 Å². The van der Waals surface area contributed by atoms with Crippen molar-refractivity contribution in [3.05, 3.63) is 17.7 Å². The van der Waals surface area contributed by atoms with Gasteiger partial charge < -0.3 is 5.32 Å². The predicted molar refractivity (Wildman–Crippen MR) is 74.3 cm³/mol. The van der Waals surface area contributed by atoms with Crippen LogP contribution in [0.1, 0.15) is 58.3 Å². The van der Waals surface area contributed by atoms with Gasteiger partial charge in [-0.05, 0) is 52.7 Å². The van der Waals surface area contributed by atoms with E-state index in [4.69, 9.17) is 0 Å². The summed E-state index contributed by atoms with van der Waals surface area (Å²) in [5, 5.41) is 7.84. The Morgan fingerprint density at radius 3 is 3.06 bits per heavy atom. The Morgan fingerprint density at radius 2 is 2.39 bits per heavy atom. The van der Waals surface area contributed by atoms with E-state index in [2.05, 4.69) is 42.2 Å². The van der Waals surface area contributed by atoms with Crippen LogP contribution < -0.4 is 5.32 Å². The van der Waals surface area contributed by atoms with Gasteiger partial charge in [0.2, 0.25) is 0 Å². The predicted octanol–water partition coefficient (Wildman–Crippen LogP) is 2.79. The van der Waals surface area contributed by atoms with Crippen LogP contribution in [-0.4, -0.2) is 27.4 Å². The average molecular weight is 248 g/mol. The molecule has 1 saturated heterocycles. The molecule has 1 aliphatic rings. The van der Waals surface area contributed by atoms with E-state index in [1.165, 1.54) is 31.4 Å². The molecule has 1 aliphatic heterocycles. The summed E-state index contributed by atoms with van der Waals surface area (Å²) in [5.41, 5.74) is 1.38. The molecule has 18 heavy (non-hydrogen) atoms. The second-order valence-corrected chi connectivity index (χ2v) is 5.50. The number of hydrogen-bond donors (Lipinski definition) is 1. The molecular weight excluding hydrogens is 224 g/mol.